The molecule has 3 rings (SSSR count). The van der Waals surface area contributed by atoms with Crippen LogP contribution in [0.5, 0.6) is 0 Å². The van der Waals surface area contributed by atoms with Crippen LogP contribution in [0.2, 0.25) is 5.02 Å². The summed E-state index contributed by atoms with van der Waals surface area (Å²) >= 11 is 9.50. The van der Waals surface area contributed by atoms with Crippen LogP contribution in [0, 0.1) is 0 Å². The van der Waals surface area contributed by atoms with Gasteiger partial charge in [0.2, 0.25) is 0 Å². The lowest BCUT2D eigenvalue weighted by molar-refractivity contribution is 0.937. The molecule has 0 atom stereocenters. The molecule has 0 aliphatic carbocycles. The highest BCUT2D eigenvalue weighted by Crippen LogP contribution is 2.24. The van der Waals surface area contributed by atoms with Crippen LogP contribution in [-0.2, 0) is 6.54 Å². The van der Waals surface area contributed by atoms with Crippen molar-refractivity contribution < 1.29 is 0 Å². The minimum Gasteiger partial charge on any atom is -0.380 e. The summed E-state index contributed by atoms with van der Waals surface area (Å²) in [7, 11) is 0. The van der Waals surface area contributed by atoms with Crippen LogP contribution in [0.15, 0.2) is 41.0 Å². The molecule has 1 fully saturated rings. The number of hydrogen-bond donors (Lipinski definition) is 1. The molecular formula is C16H17BrClN3. The third kappa shape index (κ3) is 3.69. The standard InChI is InChI=1S/C16H17BrClN3/c17-14-5-3-12(9-15(14)18)10-19-13-4-6-16(20-11-13)21-7-1-2-8-21/h3-6,9,11,19H,1-2,7-8,10H2. The predicted molar refractivity (Wildman–Crippen MR) is 92.2 cm³/mol. The topological polar surface area (TPSA) is 28.2 Å². The van der Waals surface area contributed by atoms with Gasteiger partial charge in [0.05, 0.1) is 16.9 Å². The Balaban J connectivity index is 1.61. The molecule has 2 aromatic rings. The second kappa shape index (κ2) is 6.67. The fraction of sp³-hybridized carbons (Fsp3) is 0.312. The minimum atomic E-state index is 0.733. The average Bonchev–Trinajstić information content (AvgIpc) is 3.03. The normalized spacial score (nSPS) is 14.5. The number of pyridine rings is 1. The van der Waals surface area contributed by atoms with Crippen molar-refractivity contribution in [3.63, 3.8) is 0 Å². The number of rotatable bonds is 4. The van der Waals surface area contributed by atoms with E-state index in [0.717, 1.165) is 46.2 Å². The first-order valence-electron chi connectivity index (χ1n) is 7.11. The van der Waals surface area contributed by atoms with Crippen molar-refractivity contribution in [2.45, 2.75) is 19.4 Å². The fourth-order valence-electron chi connectivity index (χ4n) is 2.48. The SMILES string of the molecule is Clc1cc(CNc2ccc(N3CCCC3)nc2)ccc1Br. The minimum absolute atomic E-state index is 0.733. The summed E-state index contributed by atoms with van der Waals surface area (Å²) in [4.78, 5) is 6.87. The summed E-state index contributed by atoms with van der Waals surface area (Å²) in [5.41, 5.74) is 2.17. The molecule has 0 spiro atoms. The van der Waals surface area contributed by atoms with Gasteiger partial charge in [0.1, 0.15) is 5.82 Å². The van der Waals surface area contributed by atoms with E-state index in [2.05, 4.69) is 49.3 Å². The van der Waals surface area contributed by atoms with Crippen LogP contribution < -0.4 is 10.2 Å². The van der Waals surface area contributed by atoms with Gasteiger partial charge >= 0.3 is 0 Å². The Morgan fingerprint density at radius 1 is 1.19 bits per heavy atom. The van der Waals surface area contributed by atoms with E-state index in [4.69, 9.17) is 11.6 Å². The first-order chi connectivity index (χ1) is 10.2. The zero-order valence-electron chi connectivity index (χ0n) is 11.6. The monoisotopic (exact) mass is 365 g/mol. The highest BCUT2D eigenvalue weighted by atomic mass is 79.9. The highest BCUT2D eigenvalue weighted by Gasteiger charge is 2.12. The fourth-order valence-corrected chi connectivity index (χ4v) is 2.93. The molecule has 1 aliphatic rings. The lowest BCUT2D eigenvalue weighted by Crippen LogP contribution is -2.18. The van der Waals surface area contributed by atoms with Crippen molar-refractivity contribution in [2.24, 2.45) is 0 Å². The largest absolute Gasteiger partial charge is 0.380 e. The summed E-state index contributed by atoms with van der Waals surface area (Å²) in [6.45, 7) is 2.98. The molecule has 2 heterocycles. The first-order valence-corrected chi connectivity index (χ1v) is 8.28. The molecule has 0 saturated carbocycles. The Hall–Kier alpha value is -1.26. The molecular weight excluding hydrogens is 350 g/mol. The Morgan fingerprint density at radius 2 is 2.00 bits per heavy atom. The number of anilines is 2. The van der Waals surface area contributed by atoms with Crippen LogP contribution in [0.25, 0.3) is 0 Å². The predicted octanol–water partition coefficient (Wildman–Crippen LogP) is 4.71. The number of hydrogen-bond acceptors (Lipinski definition) is 3. The Morgan fingerprint density at radius 3 is 2.67 bits per heavy atom. The third-order valence-corrected chi connectivity index (χ3v) is 4.89. The molecule has 1 aliphatic heterocycles. The van der Waals surface area contributed by atoms with E-state index < -0.39 is 0 Å². The molecule has 0 bridgehead atoms. The van der Waals surface area contributed by atoms with E-state index in [1.165, 1.54) is 12.8 Å². The summed E-state index contributed by atoms with van der Waals surface area (Å²) in [5, 5.41) is 4.10. The van der Waals surface area contributed by atoms with Crippen molar-refractivity contribution in [1.82, 2.24) is 4.98 Å². The van der Waals surface area contributed by atoms with E-state index in [-0.39, 0.29) is 0 Å². The van der Waals surface area contributed by atoms with E-state index in [1.807, 2.05) is 18.3 Å². The van der Waals surface area contributed by atoms with Gasteiger partial charge in [-0.2, -0.15) is 0 Å². The van der Waals surface area contributed by atoms with Crippen LogP contribution in [0.1, 0.15) is 18.4 Å². The maximum atomic E-state index is 6.10. The average molecular weight is 367 g/mol. The van der Waals surface area contributed by atoms with Crippen molar-refractivity contribution in [3.05, 3.63) is 51.6 Å². The third-order valence-electron chi connectivity index (χ3n) is 3.66. The number of benzene rings is 1. The van der Waals surface area contributed by atoms with E-state index in [1.54, 1.807) is 0 Å². The smallest absolute Gasteiger partial charge is 0.128 e. The molecule has 5 heteroatoms. The Labute approximate surface area is 138 Å². The summed E-state index contributed by atoms with van der Waals surface area (Å²) < 4.78 is 0.921. The summed E-state index contributed by atoms with van der Waals surface area (Å²) in [5.74, 6) is 1.07. The molecule has 1 saturated heterocycles. The van der Waals surface area contributed by atoms with Gasteiger partial charge in [-0.1, -0.05) is 17.7 Å². The maximum Gasteiger partial charge on any atom is 0.128 e. The van der Waals surface area contributed by atoms with Gasteiger partial charge in [0, 0.05) is 24.1 Å². The number of nitrogens with zero attached hydrogens (tertiary/aromatic N) is 2. The Kier molecular flexibility index (Phi) is 4.66. The highest BCUT2D eigenvalue weighted by molar-refractivity contribution is 9.10. The van der Waals surface area contributed by atoms with E-state index in [0.29, 0.717) is 0 Å². The van der Waals surface area contributed by atoms with Crippen LogP contribution in [-0.4, -0.2) is 18.1 Å². The first kappa shape index (κ1) is 14.7. The Bertz CT molecular complexity index is 609. The molecule has 0 unspecified atom stereocenters. The van der Waals surface area contributed by atoms with Crippen molar-refractivity contribution >= 4 is 39.0 Å². The van der Waals surface area contributed by atoms with Gasteiger partial charge in [0.25, 0.3) is 0 Å². The molecule has 1 aromatic carbocycles. The van der Waals surface area contributed by atoms with Crippen LogP contribution in [0.3, 0.4) is 0 Å². The van der Waals surface area contributed by atoms with Gasteiger partial charge < -0.3 is 10.2 Å². The zero-order valence-corrected chi connectivity index (χ0v) is 14.0. The molecule has 1 aromatic heterocycles. The quantitative estimate of drug-likeness (QED) is 0.849. The lowest BCUT2D eigenvalue weighted by Gasteiger charge is -2.16. The van der Waals surface area contributed by atoms with Crippen molar-refractivity contribution in [2.75, 3.05) is 23.3 Å². The van der Waals surface area contributed by atoms with Gasteiger partial charge in [-0.05, 0) is 58.6 Å². The van der Waals surface area contributed by atoms with Crippen LogP contribution >= 0.6 is 27.5 Å². The van der Waals surface area contributed by atoms with Gasteiger partial charge in [-0.25, -0.2) is 4.98 Å². The van der Waals surface area contributed by atoms with Gasteiger partial charge in [-0.3, -0.25) is 0 Å². The van der Waals surface area contributed by atoms with E-state index >= 15 is 0 Å². The van der Waals surface area contributed by atoms with E-state index in [9.17, 15) is 0 Å². The number of nitrogens with one attached hydrogen (secondary N) is 1. The summed E-state index contributed by atoms with van der Waals surface area (Å²) in [6.07, 6.45) is 4.44. The van der Waals surface area contributed by atoms with Gasteiger partial charge in [0.15, 0.2) is 0 Å². The molecule has 110 valence electrons. The molecule has 0 amide bonds. The number of aromatic nitrogens is 1. The molecule has 3 nitrogen and oxygen atoms in total. The van der Waals surface area contributed by atoms with Crippen LogP contribution in [0.4, 0.5) is 11.5 Å². The van der Waals surface area contributed by atoms with Gasteiger partial charge in [-0.15, -0.1) is 0 Å². The zero-order chi connectivity index (χ0) is 14.7. The molecule has 1 N–H and O–H groups in total. The second-order valence-corrected chi connectivity index (χ2v) is 6.46. The lowest BCUT2D eigenvalue weighted by atomic mass is 10.2. The van der Waals surface area contributed by atoms with Crippen molar-refractivity contribution in [1.29, 1.82) is 0 Å². The summed E-state index contributed by atoms with van der Waals surface area (Å²) in [6, 6.07) is 10.1. The van der Waals surface area contributed by atoms with Crippen molar-refractivity contribution in [3.8, 4) is 0 Å². The molecule has 0 radical (unpaired) electrons. The number of halogens is 2. The maximum absolute atomic E-state index is 6.10. The second-order valence-electron chi connectivity index (χ2n) is 5.20. The molecule has 21 heavy (non-hydrogen) atoms.